The van der Waals surface area contributed by atoms with Crippen LogP contribution in [0.4, 0.5) is 8.78 Å². The van der Waals surface area contributed by atoms with Crippen LogP contribution in [-0.4, -0.2) is 0 Å². The Labute approximate surface area is 132 Å². The zero-order valence-electron chi connectivity index (χ0n) is 12.2. The van der Waals surface area contributed by atoms with E-state index in [1.54, 1.807) is 0 Å². The smallest absolute Gasteiger partial charge is 0.0991 e. The average molecular weight is 305 g/mol. The van der Waals surface area contributed by atoms with Crippen molar-refractivity contribution >= 4 is 0 Å². The van der Waals surface area contributed by atoms with Gasteiger partial charge in [-0.05, 0) is 62.5 Å². The van der Waals surface area contributed by atoms with Crippen LogP contribution >= 0.6 is 0 Å². The molecule has 0 spiro atoms. The highest BCUT2D eigenvalue weighted by Crippen LogP contribution is 2.29. The molecule has 0 aromatic rings. The Morgan fingerprint density at radius 2 is 1.00 bits per heavy atom. The molecule has 2 rings (SSSR count). The molecule has 0 bridgehead atoms. The molecule has 0 saturated carbocycles. The summed E-state index contributed by atoms with van der Waals surface area (Å²) < 4.78 is 25.4. The maximum atomic E-state index is 12.7. The second-order valence-electron chi connectivity index (χ2n) is 6.07. The highest BCUT2D eigenvalue weighted by atomic mass is 19.1. The molecule has 2 aliphatic carbocycles. The topological polar surface area (TPSA) is 0 Å². The van der Waals surface area contributed by atoms with E-state index >= 15 is 0 Å². The molecule has 0 nitrogen and oxygen atoms in total. The first-order valence-corrected chi connectivity index (χ1v) is 7.08. The van der Waals surface area contributed by atoms with Gasteiger partial charge in [0.15, 0.2) is 0 Å². The molecule has 0 radical (unpaired) electrons. The third kappa shape index (κ3) is 9.06. The van der Waals surface area contributed by atoms with Gasteiger partial charge in [0.05, 0.1) is 11.7 Å². The fourth-order valence-corrected chi connectivity index (χ4v) is 2.36. The third-order valence-electron chi connectivity index (χ3n) is 4.01. The zero-order valence-corrected chi connectivity index (χ0v) is 12.2. The third-order valence-corrected chi connectivity index (χ3v) is 4.01. The summed E-state index contributed by atoms with van der Waals surface area (Å²) in [4.78, 5) is 0. The highest BCUT2D eigenvalue weighted by molar-refractivity contribution is 5.09. The van der Waals surface area contributed by atoms with E-state index in [4.69, 9.17) is 0 Å². The molecule has 0 heterocycles. The fourth-order valence-electron chi connectivity index (χ4n) is 2.36. The number of rotatable bonds is 0. The summed E-state index contributed by atoms with van der Waals surface area (Å²) in [5.41, 5.74) is 1.93. The van der Waals surface area contributed by atoms with Crippen LogP contribution in [-0.2, 0) is 0 Å². The van der Waals surface area contributed by atoms with Crippen molar-refractivity contribution in [2.75, 3.05) is 0 Å². The van der Waals surface area contributed by atoms with Crippen molar-refractivity contribution in [2.45, 2.75) is 88.5 Å². The molecule has 21 heavy (non-hydrogen) atoms. The first kappa shape index (κ1) is 25.3. The van der Waals surface area contributed by atoms with Gasteiger partial charge < -0.3 is 0 Å². The first-order valence-electron chi connectivity index (χ1n) is 7.08. The van der Waals surface area contributed by atoms with Gasteiger partial charge in [-0.2, -0.15) is 0 Å². The lowest BCUT2D eigenvalue weighted by Gasteiger charge is -2.17. The number of allylic oxidation sites excluding steroid dienone is 4. The molecule has 0 aromatic heterocycles. The van der Waals surface area contributed by atoms with E-state index < -0.39 is 0 Å². The number of hydrogen-bond donors (Lipinski definition) is 0. The summed E-state index contributed by atoms with van der Waals surface area (Å²) in [6.45, 7) is 7.99. The Hall–Kier alpha value is -0.660. The van der Waals surface area contributed by atoms with Crippen LogP contribution in [0, 0.1) is 11.8 Å². The van der Waals surface area contributed by atoms with E-state index in [1.807, 2.05) is 13.8 Å². The number of hydrogen-bond acceptors (Lipinski definition) is 0. The van der Waals surface area contributed by atoms with Crippen molar-refractivity contribution in [3.63, 3.8) is 0 Å². The maximum absolute atomic E-state index is 12.7. The Bertz CT molecular complexity index is 305. The Morgan fingerprint density at radius 3 is 1.19 bits per heavy atom. The molecule has 0 aromatic carbocycles. The van der Waals surface area contributed by atoms with Crippen LogP contribution in [0.3, 0.4) is 0 Å². The van der Waals surface area contributed by atoms with Gasteiger partial charge in [0.25, 0.3) is 0 Å². The quantitative estimate of drug-likeness (QED) is 0.425. The molecule has 2 aliphatic rings. The summed E-state index contributed by atoms with van der Waals surface area (Å²) in [7, 11) is 0. The van der Waals surface area contributed by atoms with Crippen LogP contribution in [0.2, 0.25) is 0 Å². The molecular formula is C19H38F2. The summed E-state index contributed by atoms with van der Waals surface area (Å²) in [6, 6.07) is 0. The Balaban J connectivity index is -0.000000270. The van der Waals surface area contributed by atoms with Gasteiger partial charge in [-0.25, -0.2) is 8.78 Å². The van der Waals surface area contributed by atoms with E-state index in [0.717, 1.165) is 24.0 Å². The maximum Gasteiger partial charge on any atom is 0.0991 e. The van der Waals surface area contributed by atoms with Crippen LogP contribution < -0.4 is 0 Å². The van der Waals surface area contributed by atoms with Gasteiger partial charge in [-0.3, -0.25) is 0 Å². The van der Waals surface area contributed by atoms with E-state index in [1.165, 1.54) is 12.8 Å². The van der Waals surface area contributed by atoms with Gasteiger partial charge in [0.2, 0.25) is 0 Å². The van der Waals surface area contributed by atoms with Gasteiger partial charge >= 0.3 is 0 Å². The normalized spacial score (nSPS) is 24.9. The molecule has 128 valence electrons. The second kappa shape index (κ2) is 11.9. The summed E-state index contributed by atoms with van der Waals surface area (Å²) in [5.74, 6) is 1.39. The predicted octanol–water partition coefficient (Wildman–Crippen LogP) is 8.01. The van der Waals surface area contributed by atoms with Crippen molar-refractivity contribution in [1.82, 2.24) is 0 Å². The highest BCUT2D eigenvalue weighted by Gasteiger charge is 2.14. The molecule has 0 saturated heterocycles. The monoisotopic (exact) mass is 304 g/mol. The molecule has 2 unspecified atom stereocenters. The minimum absolute atomic E-state index is 0. The van der Waals surface area contributed by atoms with Crippen molar-refractivity contribution < 1.29 is 8.78 Å². The Morgan fingerprint density at radius 1 is 0.714 bits per heavy atom. The van der Waals surface area contributed by atoms with Gasteiger partial charge in [0.1, 0.15) is 0 Å². The molecule has 0 N–H and O–H groups in total. The van der Waals surface area contributed by atoms with Crippen molar-refractivity contribution in [1.29, 1.82) is 0 Å². The molecule has 0 amide bonds. The standard InChI is InChI=1S/2C8H13F.3CH4/c2*1-6-3-4-7(2)8(9)5-6;;;/h2*6H,3-5H2,1-2H3;3*1H4. The lowest BCUT2D eigenvalue weighted by atomic mass is 9.91. The van der Waals surface area contributed by atoms with Crippen LogP contribution in [0.15, 0.2) is 22.8 Å². The van der Waals surface area contributed by atoms with E-state index in [-0.39, 0.29) is 33.9 Å². The minimum Gasteiger partial charge on any atom is -0.212 e. The van der Waals surface area contributed by atoms with Crippen LogP contribution in [0.1, 0.15) is 88.5 Å². The number of halogens is 2. The molecule has 0 aliphatic heterocycles. The van der Waals surface area contributed by atoms with Crippen molar-refractivity contribution in [2.24, 2.45) is 11.8 Å². The Kier molecular flexibility index (Phi) is 14.4. The van der Waals surface area contributed by atoms with Crippen molar-refractivity contribution in [3.05, 3.63) is 22.8 Å². The molecule has 2 atom stereocenters. The van der Waals surface area contributed by atoms with Crippen molar-refractivity contribution in [3.8, 4) is 0 Å². The molecule has 2 heteroatoms. The largest absolute Gasteiger partial charge is 0.212 e. The van der Waals surface area contributed by atoms with Crippen LogP contribution in [0.25, 0.3) is 0 Å². The lowest BCUT2D eigenvalue weighted by Crippen LogP contribution is -2.02. The summed E-state index contributed by atoms with van der Waals surface area (Å²) >= 11 is 0. The molecular weight excluding hydrogens is 266 g/mol. The zero-order chi connectivity index (χ0) is 13.7. The predicted molar refractivity (Wildman–Crippen MR) is 93.8 cm³/mol. The average Bonchev–Trinajstić information content (AvgIpc) is 2.30. The van der Waals surface area contributed by atoms with E-state index in [9.17, 15) is 8.78 Å². The van der Waals surface area contributed by atoms with Gasteiger partial charge in [0, 0.05) is 12.8 Å². The SMILES string of the molecule is C.C.C.CC1=C(F)CC(C)CC1.CC1=C(F)CC(C)CC1. The summed E-state index contributed by atoms with van der Waals surface area (Å²) in [6.07, 6.45) is 5.61. The lowest BCUT2D eigenvalue weighted by molar-refractivity contribution is 0.422. The van der Waals surface area contributed by atoms with Gasteiger partial charge in [-0.1, -0.05) is 36.1 Å². The second-order valence-corrected chi connectivity index (χ2v) is 6.07. The minimum atomic E-state index is 0. The summed E-state index contributed by atoms with van der Waals surface area (Å²) in [5, 5.41) is 0. The first-order chi connectivity index (χ1) is 8.40. The fraction of sp³-hybridized carbons (Fsp3) is 0.789. The van der Waals surface area contributed by atoms with E-state index in [0.29, 0.717) is 24.7 Å². The molecule has 0 fully saturated rings. The van der Waals surface area contributed by atoms with Gasteiger partial charge in [-0.15, -0.1) is 0 Å². The van der Waals surface area contributed by atoms with E-state index in [2.05, 4.69) is 13.8 Å². The van der Waals surface area contributed by atoms with Crippen LogP contribution in [0.5, 0.6) is 0 Å².